The minimum absolute atomic E-state index is 0.0180. The molecule has 7 heteroatoms. The lowest BCUT2D eigenvalue weighted by atomic mass is 10.2. The molecule has 21 heavy (non-hydrogen) atoms. The Kier molecular flexibility index (Phi) is 4.21. The van der Waals surface area contributed by atoms with Crippen molar-refractivity contribution in [3.05, 3.63) is 35.2 Å². The fraction of sp³-hybridized carbons (Fsp3) is 0.429. The van der Waals surface area contributed by atoms with Crippen LogP contribution < -0.4 is 5.32 Å². The molecule has 1 fully saturated rings. The quantitative estimate of drug-likeness (QED) is 0.941. The molecule has 2 amide bonds. The van der Waals surface area contributed by atoms with E-state index in [4.69, 9.17) is 9.15 Å². The summed E-state index contributed by atoms with van der Waals surface area (Å²) >= 11 is 1.41. The van der Waals surface area contributed by atoms with E-state index >= 15 is 0 Å². The molecule has 6 nitrogen and oxygen atoms in total. The number of aromatic nitrogens is 1. The minimum Gasteiger partial charge on any atom is -0.461 e. The van der Waals surface area contributed by atoms with Gasteiger partial charge in [0.05, 0.1) is 6.04 Å². The van der Waals surface area contributed by atoms with Crippen molar-refractivity contribution in [2.75, 3.05) is 19.0 Å². The molecule has 112 valence electrons. The first-order valence-electron chi connectivity index (χ1n) is 6.82. The maximum Gasteiger partial charge on any atom is 0.324 e. The number of carbonyl (C=O) groups excluding carboxylic acids is 1. The Labute approximate surface area is 126 Å². The number of hydrogen-bond acceptors (Lipinski definition) is 5. The third-order valence-electron chi connectivity index (χ3n) is 3.46. The molecule has 1 saturated heterocycles. The maximum absolute atomic E-state index is 12.3. The zero-order chi connectivity index (χ0) is 14.7. The van der Waals surface area contributed by atoms with Gasteiger partial charge in [0.1, 0.15) is 18.1 Å². The molecule has 3 rings (SSSR count). The van der Waals surface area contributed by atoms with Crippen molar-refractivity contribution < 1.29 is 13.9 Å². The van der Waals surface area contributed by atoms with E-state index in [-0.39, 0.29) is 12.1 Å². The van der Waals surface area contributed by atoms with E-state index in [0.717, 1.165) is 30.9 Å². The van der Waals surface area contributed by atoms with Gasteiger partial charge in [0, 0.05) is 25.2 Å². The van der Waals surface area contributed by atoms with Crippen LogP contribution in [0.5, 0.6) is 0 Å². The Morgan fingerprint density at radius 3 is 3.29 bits per heavy atom. The smallest absolute Gasteiger partial charge is 0.324 e. The number of urea groups is 1. The second-order valence-electron chi connectivity index (χ2n) is 4.86. The van der Waals surface area contributed by atoms with Gasteiger partial charge in [-0.05, 0) is 25.0 Å². The van der Waals surface area contributed by atoms with Crippen LogP contribution in [0.25, 0.3) is 0 Å². The van der Waals surface area contributed by atoms with Crippen LogP contribution in [0, 0.1) is 0 Å². The van der Waals surface area contributed by atoms with Crippen LogP contribution in [0.15, 0.2) is 28.1 Å². The number of furan rings is 1. The van der Waals surface area contributed by atoms with Gasteiger partial charge in [-0.2, -0.15) is 0 Å². The molecular weight excluding hydrogens is 290 g/mol. The second-order valence-corrected chi connectivity index (χ2v) is 5.75. The minimum atomic E-state index is -0.128. The molecule has 0 aromatic carbocycles. The standard InChI is InChI=1S/C14H17N3O3S/c1-19-9-10-4-5-12(20-10)11-3-2-7-17(11)14(18)16-13-15-6-8-21-13/h4-6,8,11H,2-3,7,9H2,1H3,(H,15,16,18)/t11-/m0/s1. The number of nitrogens with one attached hydrogen (secondary N) is 1. The van der Waals surface area contributed by atoms with Gasteiger partial charge in [-0.15, -0.1) is 11.3 Å². The summed E-state index contributed by atoms with van der Waals surface area (Å²) in [5, 5.41) is 5.27. The summed E-state index contributed by atoms with van der Waals surface area (Å²) in [5.74, 6) is 1.59. The second kappa shape index (κ2) is 6.28. The van der Waals surface area contributed by atoms with E-state index in [2.05, 4.69) is 10.3 Å². The van der Waals surface area contributed by atoms with E-state index in [9.17, 15) is 4.79 Å². The number of amides is 2. The number of rotatable bonds is 4. The van der Waals surface area contributed by atoms with Gasteiger partial charge in [-0.1, -0.05) is 0 Å². The lowest BCUT2D eigenvalue weighted by Gasteiger charge is -2.22. The lowest BCUT2D eigenvalue weighted by molar-refractivity contribution is 0.157. The lowest BCUT2D eigenvalue weighted by Crippen LogP contribution is -2.34. The molecule has 0 spiro atoms. The molecule has 0 saturated carbocycles. The first-order chi connectivity index (χ1) is 10.3. The van der Waals surface area contributed by atoms with Crippen molar-refractivity contribution in [1.29, 1.82) is 0 Å². The third-order valence-corrected chi connectivity index (χ3v) is 4.15. The Bertz CT molecular complexity index is 596. The van der Waals surface area contributed by atoms with Gasteiger partial charge in [-0.3, -0.25) is 5.32 Å². The summed E-state index contributed by atoms with van der Waals surface area (Å²) in [7, 11) is 1.63. The van der Waals surface area contributed by atoms with E-state index in [1.54, 1.807) is 18.2 Å². The van der Waals surface area contributed by atoms with Crippen LogP contribution in [0.1, 0.15) is 30.4 Å². The molecule has 1 atom stereocenters. The fourth-order valence-electron chi connectivity index (χ4n) is 2.55. The van der Waals surface area contributed by atoms with Gasteiger partial charge in [-0.25, -0.2) is 9.78 Å². The monoisotopic (exact) mass is 307 g/mol. The van der Waals surface area contributed by atoms with Gasteiger partial charge in [0.15, 0.2) is 5.13 Å². The molecule has 0 unspecified atom stereocenters. The van der Waals surface area contributed by atoms with Crippen LogP contribution in [0.2, 0.25) is 0 Å². The average Bonchev–Trinajstić information content (AvgIpc) is 3.19. The van der Waals surface area contributed by atoms with Gasteiger partial charge in [0.25, 0.3) is 0 Å². The average molecular weight is 307 g/mol. The fourth-order valence-corrected chi connectivity index (χ4v) is 3.07. The van der Waals surface area contributed by atoms with Crippen molar-refractivity contribution in [2.24, 2.45) is 0 Å². The molecule has 1 N–H and O–H groups in total. The number of ether oxygens (including phenoxy) is 1. The van der Waals surface area contributed by atoms with E-state index in [1.165, 1.54) is 11.3 Å². The number of nitrogens with zero attached hydrogens (tertiary/aromatic N) is 2. The zero-order valence-electron chi connectivity index (χ0n) is 11.7. The highest BCUT2D eigenvalue weighted by Crippen LogP contribution is 2.33. The Balaban J connectivity index is 1.70. The summed E-state index contributed by atoms with van der Waals surface area (Å²) in [6, 6.07) is 3.68. The van der Waals surface area contributed by atoms with Crippen molar-refractivity contribution >= 4 is 22.5 Å². The van der Waals surface area contributed by atoms with Crippen LogP contribution >= 0.6 is 11.3 Å². The molecule has 1 aliphatic rings. The van der Waals surface area contributed by atoms with Crippen LogP contribution in [0.4, 0.5) is 9.93 Å². The van der Waals surface area contributed by atoms with Crippen LogP contribution in [0.3, 0.4) is 0 Å². The molecular formula is C14H17N3O3S. The number of likely N-dealkylation sites (tertiary alicyclic amines) is 1. The van der Waals surface area contributed by atoms with Crippen molar-refractivity contribution in [3.8, 4) is 0 Å². The third kappa shape index (κ3) is 3.08. The van der Waals surface area contributed by atoms with Crippen LogP contribution in [-0.4, -0.2) is 29.6 Å². The Hall–Kier alpha value is -1.86. The predicted octanol–water partition coefficient (Wildman–Crippen LogP) is 3.25. The highest BCUT2D eigenvalue weighted by atomic mass is 32.1. The largest absolute Gasteiger partial charge is 0.461 e. The topological polar surface area (TPSA) is 67.6 Å². The first-order valence-corrected chi connectivity index (χ1v) is 7.70. The molecule has 1 aliphatic heterocycles. The van der Waals surface area contributed by atoms with E-state index in [0.29, 0.717) is 11.7 Å². The summed E-state index contributed by atoms with van der Waals surface area (Å²) in [6.07, 6.45) is 3.55. The van der Waals surface area contributed by atoms with Gasteiger partial charge < -0.3 is 14.1 Å². The summed E-state index contributed by atoms with van der Waals surface area (Å²) in [5.41, 5.74) is 0. The van der Waals surface area contributed by atoms with Crippen LogP contribution in [-0.2, 0) is 11.3 Å². The molecule has 3 heterocycles. The van der Waals surface area contributed by atoms with E-state index < -0.39 is 0 Å². The number of hydrogen-bond donors (Lipinski definition) is 1. The number of anilines is 1. The Morgan fingerprint density at radius 1 is 1.62 bits per heavy atom. The Morgan fingerprint density at radius 2 is 2.52 bits per heavy atom. The first kappa shape index (κ1) is 14.1. The normalized spacial score (nSPS) is 18.1. The molecule has 0 bridgehead atoms. The van der Waals surface area contributed by atoms with Gasteiger partial charge in [0.2, 0.25) is 0 Å². The highest BCUT2D eigenvalue weighted by Gasteiger charge is 2.32. The highest BCUT2D eigenvalue weighted by molar-refractivity contribution is 7.13. The van der Waals surface area contributed by atoms with Crippen molar-refractivity contribution in [1.82, 2.24) is 9.88 Å². The molecule has 0 radical (unpaired) electrons. The molecule has 2 aromatic heterocycles. The van der Waals surface area contributed by atoms with Gasteiger partial charge >= 0.3 is 6.03 Å². The molecule has 0 aliphatic carbocycles. The van der Waals surface area contributed by atoms with Crippen molar-refractivity contribution in [3.63, 3.8) is 0 Å². The summed E-state index contributed by atoms with van der Waals surface area (Å²) in [4.78, 5) is 18.2. The molecule has 2 aromatic rings. The maximum atomic E-state index is 12.3. The SMILES string of the molecule is COCc1ccc([C@@H]2CCCN2C(=O)Nc2nccs2)o1. The predicted molar refractivity (Wildman–Crippen MR) is 79.2 cm³/mol. The number of methoxy groups -OCH3 is 1. The zero-order valence-corrected chi connectivity index (χ0v) is 12.6. The van der Waals surface area contributed by atoms with E-state index in [1.807, 2.05) is 17.5 Å². The number of carbonyl (C=O) groups is 1. The summed E-state index contributed by atoms with van der Waals surface area (Å²) in [6.45, 7) is 1.17. The summed E-state index contributed by atoms with van der Waals surface area (Å²) < 4.78 is 10.8. The number of thiazole rings is 1. The van der Waals surface area contributed by atoms with Crippen molar-refractivity contribution in [2.45, 2.75) is 25.5 Å².